The maximum Gasteiger partial charge on any atom is 0.203 e. The summed E-state index contributed by atoms with van der Waals surface area (Å²) in [4.78, 5) is 6.19. The summed E-state index contributed by atoms with van der Waals surface area (Å²) in [6.07, 6.45) is 2.16. The van der Waals surface area contributed by atoms with Crippen LogP contribution in [0, 0.1) is 6.92 Å². The number of likely N-dealkylation sites (tertiary alicyclic amines) is 1. The third-order valence-corrected chi connectivity index (χ3v) is 4.59. The molecule has 1 aliphatic rings. The molecule has 5 heteroatoms. The number of aromatic nitrogens is 1. The van der Waals surface area contributed by atoms with E-state index in [1.807, 2.05) is 0 Å². The van der Waals surface area contributed by atoms with Crippen molar-refractivity contribution in [2.45, 2.75) is 19.8 Å². The smallest absolute Gasteiger partial charge is 0.203 e. The van der Waals surface area contributed by atoms with Crippen LogP contribution in [-0.4, -0.2) is 30.8 Å². The number of thiazole rings is 1. The van der Waals surface area contributed by atoms with Gasteiger partial charge in [0.1, 0.15) is 0 Å². The summed E-state index contributed by atoms with van der Waals surface area (Å²) in [5.41, 5.74) is 7.80. The molecular weight excluding hydrogens is 280 g/mol. The summed E-state index contributed by atoms with van der Waals surface area (Å²) in [5.74, 6) is 0. The largest absolute Gasteiger partial charge is 0.337 e. The van der Waals surface area contributed by atoms with Crippen LogP contribution in [0.15, 0.2) is 34.7 Å². The van der Waals surface area contributed by atoms with Gasteiger partial charge in [-0.25, -0.2) is 4.98 Å². The minimum absolute atomic E-state index is 0.865. The number of quaternary nitrogens is 1. The lowest BCUT2D eigenvalue weighted by Crippen LogP contribution is -3.10. The molecule has 2 aromatic rings. The Balaban J connectivity index is 1.65. The van der Waals surface area contributed by atoms with Crippen LogP contribution in [0.4, 0.5) is 5.13 Å². The predicted molar refractivity (Wildman–Crippen MR) is 89.2 cm³/mol. The minimum atomic E-state index is 0.865. The highest BCUT2D eigenvalue weighted by atomic mass is 32.1. The predicted octanol–water partition coefficient (Wildman–Crippen LogP) is 2.19. The van der Waals surface area contributed by atoms with E-state index in [-0.39, 0.29) is 0 Å². The first-order valence-corrected chi connectivity index (χ1v) is 8.24. The molecule has 1 aromatic heterocycles. The van der Waals surface area contributed by atoms with Crippen molar-refractivity contribution in [2.24, 2.45) is 5.10 Å². The second-order valence-electron chi connectivity index (χ2n) is 5.65. The van der Waals surface area contributed by atoms with Gasteiger partial charge in [-0.2, -0.15) is 5.10 Å². The number of nitrogens with one attached hydrogen (secondary N) is 2. The van der Waals surface area contributed by atoms with Gasteiger partial charge in [-0.15, -0.1) is 11.3 Å². The summed E-state index contributed by atoms with van der Waals surface area (Å²) in [6, 6.07) is 8.45. The van der Waals surface area contributed by atoms with E-state index in [1.165, 1.54) is 24.4 Å². The average molecular weight is 301 g/mol. The lowest BCUT2D eigenvalue weighted by Gasteiger charge is -2.20. The number of hydrazone groups is 1. The topological polar surface area (TPSA) is 41.7 Å². The first kappa shape index (κ1) is 14.2. The Labute approximate surface area is 129 Å². The van der Waals surface area contributed by atoms with Gasteiger partial charge in [0, 0.05) is 29.5 Å². The van der Waals surface area contributed by atoms with Crippen molar-refractivity contribution in [1.82, 2.24) is 4.98 Å². The van der Waals surface area contributed by atoms with Crippen LogP contribution in [0.25, 0.3) is 11.3 Å². The van der Waals surface area contributed by atoms with Crippen molar-refractivity contribution >= 4 is 22.2 Å². The molecule has 0 spiro atoms. The van der Waals surface area contributed by atoms with E-state index < -0.39 is 0 Å². The fourth-order valence-corrected chi connectivity index (χ4v) is 3.05. The van der Waals surface area contributed by atoms with Crippen LogP contribution >= 0.6 is 11.3 Å². The van der Waals surface area contributed by atoms with Crippen molar-refractivity contribution in [3.05, 3.63) is 35.2 Å². The molecule has 2 N–H and O–H groups in total. The monoisotopic (exact) mass is 301 g/mol. The average Bonchev–Trinajstić information content (AvgIpc) is 2.96. The molecule has 0 amide bonds. The van der Waals surface area contributed by atoms with Gasteiger partial charge in [0.25, 0.3) is 0 Å². The number of hydrogen-bond donors (Lipinski definition) is 2. The van der Waals surface area contributed by atoms with Crippen LogP contribution in [0.1, 0.15) is 18.4 Å². The van der Waals surface area contributed by atoms with Crippen LogP contribution in [-0.2, 0) is 0 Å². The summed E-state index contributed by atoms with van der Waals surface area (Å²) < 4.78 is 0. The summed E-state index contributed by atoms with van der Waals surface area (Å²) in [5, 5.41) is 7.45. The highest BCUT2D eigenvalue weighted by molar-refractivity contribution is 7.14. The Morgan fingerprint density at radius 1 is 1.19 bits per heavy atom. The standard InChI is InChI=1S/C16H20N4S/c1-12-3-5-13(6-4-12)15-11-21-16(17-15)19-18-14-7-9-20(2)10-8-14/h3-6,11H,7-10H2,1-2H3,(H,17,19)/p+1. The Bertz CT molecular complexity index is 620. The van der Waals surface area contributed by atoms with Gasteiger partial charge in [0.15, 0.2) is 0 Å². The molecule has 0 aliphatic carbocycles. The number of benzene rings is 1. The zero-order valence-electron chi connectivity index (χ0n) is 12.5. The van der Waals surface area contributed by atoms with Crippen molar-refractivity contribution in [3.8, 4) is 11.3 Å². The first-order valence-electron chi connectivity index (χ1n) is 7.36. The first-order chi connectivity index (χ1) is 10.2. The number of aryl methyl sites for hydroxylation is 1. The van der Waals surface area contributed by atoms with Crippen molar-refractivity contribution in [2.75, 3.05) is 25.6 Å². The third-order valence-electron chi connectivity index (χ3n) is 3.84. The molecule has 110 valence electrons. The maximum absolute atomic E-state index is 4.60. The van der Waals surface area contributed by atoms with E-state index in [4.69, 9.17) is 0 Å². The van der Waals surface area contributed by atoms with Gasteiger partial charge in [-0.05, 0) is 6.92 Å². The molecule has 3 rings (SSSR count). The zero-order valence-corrected chi connectivity index (χ0v) is 13.3. The molecule has 1 saturated heterocycles. The highest BCUT2D eigenvalue weighted by Crippen LogP contribution is 2.25. The second kappa shape index (κ2) is 6.37. The zero-order chi connectivity index (χ0) is 14.7. The van der Waals surface area contributed by atoms with Gasteiger partial charge < -0.3 is 4.90 Å². The lowest BCUT2D eigenvalue weighted by molar-refractivity contribution is -0.880. The number of nitrogens with zero attached hydrogens (tertiary/aromatic N) is 2. The Kier molecular flexibility index (Phi) is 4.31. The third kappa shape index (κ3) is 3.68. The molecule has 0 atom stereocenters. The second-order valence-corrected chi connectivity index (χ2v) is 6.51. The van der Waals surface area contributed by atoms with Crippen molar-refractivity contribution in [3.63, 3.8) is 0 Å². The summed E-state index contributed by atoms with van der Waals surface area (Å²) >= 11 is 1.60. The summed E-state index contributed by atoms with van der Waals surface area (Å²) in [6.45, 7) is 4.44. The van der Waals surface area contributed by atoms with E-state index >= 15 is 0 Å². The van der Waals surface area contributed by atoms with Crippen LogP contribution < -0.4 is 10.3 Å². The van der Waals surface area contributed by atoms with Gasteiger partial charge in [-0.3, -0.25) is 5.43 Å². The molecule has 0 bridgehead atoms. The molecule has 0 radical (unpaired) electrons. The van der Waals surface area contributed by atoms with Gasteiger partial charge in [0.05, 0.1) is 25.8 Å². The Morgan fingerprint density at radius 3 is 2.62 bits per heavy atom. The molecule has 0 saturated carbocycles. The molecule has 1 aromatic carbocycles. The number of piperidine rings is 1. The minimum Gasteiger partial charge on any atom is -0.337 e. The van der Waals surface area contributed by atoms with E-state index in [0.717, 1.165) is 29.2 Å². The van der Waals surface area contributed by atoms with E-state index in [2.05, 4.69) is 59.1 Å². The van der Waals surface area contributed by atoms with Crippen LogP contribution in [0.2, 0.25) is 0 Å². The molecule has 2 heterocycles. The van der Waals surface area contributed by atoms with Crippen LogP contribution in [0.5, 0.6) is 0 Å². The number of hydrogen-bond acceptors (Lipinski definition) is 4. The highest BCUT2D eigenvalue weighted by Gasteiger charge is 2.14. The van der Waals surface area contributed by atoms with E-state index in [9.17, 15) is 0 Å². The van der Waals surface area contributed by atoms with E-state index in [1.54, 1.807) is 16.2 Å². The number of rotatable bonds is 3. The fraction of sp³-hybridized carbons (Fsp3) is 0.375. The molecular formula is C16H21N4S+. The van der Waals surface area contributed by atoms with Crippen molar-refractivity contribution < 1.29 is 4.90 Å². The van der Waals surface area contributed by atoms with Gasteiger partial charge >= 0.3 is 0 Å². The molecule has 0 unspecified atom stereocenters. The van der Waals surface area contributed by atoms with Gasteiger partial charge in [0.2, 0.25) is 5.13 Å². The van der Waals surface area contributed by atoms with Crippen LogP contribution in [0.3, 0.4) is 0 Å². The Hall–Kier alpha value is -1.72. The molecule has 4 nitrogen and oxygen atoms in total. The fourth-order valence-electron chi connectivity index (χ4n) is 2.39. The Morgan fingerprint density at radius 2 is 1.90 bits per heavy atom. The lowest BCUT2D eigenvalue weighted by atomic mass is 10.1. The molecule has 1 fully saturated rings. The SMILES string of the molecule is Cc1ccc(-c2csc(NN=C3CC[NH+](C)CC3)n2)cc1. The maximum atomic E-state index is 4.60. The van der Waals surface area contributed by atoms with E-state index in [0.29, 0.717) is 0 Å². The van der Waals surface area contributed by atoms with Gasteiger partial charge in [-0.1, -0.05) is 29.8 Å². The molecule has 21 heavy (non-hydrogen) atoms. The summed E-state index contributed by atoms with van der Waals surface area (Å²) in [7, 11) is 2.24. The van der Waals surface area contributed by atoms with Crippen molar-refractivity contribution in [1.29, 1.82) is 0 Å². The number of anilines is 1. The normalized spacial score (nSPS) is 18.6. The quantitative estimate of drug-likeness (QED) is 0.853. The molecule has 1 aliphatic heterocycles.